The SMILES string of the molecule is COc1cc(C#C[Si](C(C)C)(C(C)C)C(C)C)c2cnc(Nc3ccc(N4CCN(C)CC4)c(NC4CCC4)c3)nc2n1. The third-order valence-corrected chi connectivity index (χ3v) is 15.9. The van der Waals surface area contributed by atoms with Crippen molar-refractivity contribution in [2.75, 3.05) is 55.9 Å². The molecule has 1 aliphatic heterocycles. The smallest absolute Gasteiger partial charge is 0.229 e. The summed E-state index contributed by atoms with van der Waals surface area (Å²) in [7, 11) is 1.92. The van der Waals surface area contributed by atoms with Gasteiger partial charge < -0.3 is 25.2 Å². The minimum Gasteiger partial charge on any atom is -0.481 e. The van der Waals surface area contributed by atoms with Crippen LogP contribution in [0.4, 0.5) is 23.0 Å². The maximum Gasteiger partial charge on any atom is 0.229 e. The van der Waals surface area contributed by atoms with E-state index in [0.717, 1.165) is 42.8 Å². The molecule has 43 heavy (non-hydrogen) atoms. The summed E-state index contributed by atoms with van der Waals surface area (Å²) in [5.74, 6) is 4.58. The van der Waals surface area contributed by atoms with Gasteiger partial charge in [0.05, 0.1) is 23.9 Å². The summed E-state index contributed by atoms with van der Waals surface area (Å²) in [6.07, 6.45) is 5.59. The Morgan fingerprint density at radius 1 is 0.953 bits per heavy atom. The average molecular weight is 600 g/mol. The molecular weight excluding hydrogens is 551 g/mol. The fourth-order valence-corrected chi connectivity index (χ4v) is 12.0. The van der Waals surface area contributed by atoms with Crippen LogP contribution in [0.2, 0.25) is 16.6 Å². The largest absolute Gasteiger partial charge is 0.481 e. The van der Waals surface area contributed by atoms with Crippen LogP contribution in [0.25, 0.3) is 11.0 Å². The van der Waals surface area contributed by atoms with Gasteiger partial charge in [0, 0.05) is 55.7 Å². The van der Waals surface area contributed by atoms with Gasteiger partial charge in [0.1, 0.15) is 8.07 Å². The Morgan fingerprint density at radius 3 is 2.26 bits per heavy atom. The van der Waals surface area contributed by atoms with Crippen molar-refractivity contribution in [3.8, 4) is 17.3 Å². The van der Waals surface area contributed by atoms with Crippen LogP contribution < -0.4 is 20.3 Å². The lowest BCUT2D eigenvalue weighted by molar-refractivity contribution is 0.313. The Balaban J connectivity index is 1.46. The highest BCUT2D eigenvalue weighted by molar-refractivity contribution is 6.90. The number of hydrogen-bond acceptors (Lipinski definition) is 8. The molecule has 2 aliphatic rings. The molecule has 3 heterocycles. The molecule has 0 atom stereocenters. The zero-order valence-corrected chi connectivity index (χ0v) is 28.3. The number of fused-ring (bicyclic) bond motifs is 1. The first kappa shape index (κ1) is 31.1. The molecule has 1 saturated heterocycles. The molecule has 1 aromatic carbocycles. The monoisotopic (exact) mass is 599 g/mol. The van der Waals surface area contributed by atoms with Crippen molar-refractivity contribution < 1.29 is 4.74 Å². The van der Waals surface area contributed by atoms with E-state index in [-0.39, 0.29) is 0 Å². The van der Waals surface area contributed by atoms with Gasteiger partial charge in [-0.2, -0.15) is 9.97 Å². The van der Waals surface area contributed by atoms with Gasteiger partial charge in [-0.1, -0.05) is 47.5 Å². The summed E-state index contributed by atoms with van der Waals surface area (Å²) in [4.78, 5) is 19.1. The van der Waals surface area contributed by atoms with Crippen LogP contribution in [0.5, 0.6) is 5.88 Å². The first-order valence-electron chi connectivity index (χ1n) is 16.0. The van der Waals surface area contributed by atoms with Crippen LogP contribution in [0.15, 0.2) is 30.5 Å². The number of aromatic nitrogens is 3. The van der Waals surface area contributed by atoms with Gasteiger partial charge in [0.2, 0.25) is 11.8 Å². The summed E-state index contributed by atoms with van der Waals surface area (Å²) < 4.78 is 5.58. The number of pyridine rings is 1. The summed E-state index contributed by atoms with van der Waals surface area (Å²) in [6.45, 7) is 18.2. The minimum absolute atomic E-state index is 0.504. The zero-order valence-electron chi connectivity index (χ0n) is 27.3. The van der Waals surface area contributed by atoms with Crippen molar-refractivity contribution in [3.05, 3.63) is 36.0 Å². The number of hydrogen-bond donors (Lipinski definition) is 2. The van der Waals surface area contributed by atoms with E-state index in [1.165, 1.54) is 30.6 Å². The maximum absolute atomic E-state index is 5.58. The van der Waals surface area contributed by atoms with E-state index in [9.17, 15) is 0 Å². The molecule has 5 rings (SSSR count). The normalized spacial score (nSPS) is 16.4. The number of anilines is 4. The van der Waals surface area contributed by atoms with E-state index >= 15 is 0 Å². The average Bonchev–Trinajstić information content (AvgIpc) is 2.95. The lowest BCUT2D eigenvalue weighted by Gasteiger charge is -2.38. The van der Waals surface area contributed by atoms with Crippen LogP contribution in [0, 0.1) is 11.5 Å². The first-order valence-corrected chi connectivity index (χ1v) is 18.2. The third-order valence-electron chi connectivity index (χ3n) is 9.59. The first-order chi connectivity index (χ1) is 20.6. The van der Waals surface area contributed by atoms with E-state index in [4.69, 9.17) is 14.7 Å². The van der Waals surface area contributed by atoms with E-state index in [2.05, 4.69) is 104 Å². The Labute approximate surface area is 259 Å². The van der Waals surface area contributed by atoms with Gasteiger partial charge >= 0.3 is 0 Å². The highest BCUT2D eigenvalue weighted by Gasteiger charge is 2.41. The van der Waals surface area contributed by atoms with Crippen molar-refractivity contribution in [1.29, 1.82) is 0 Å². The van der Waals surface area contributed by atoms with Crippen LogP contribution in [-0.4, -0.2) is 74.3 Å². The fraction of sp³-hybridized carbons (Fsp3) is 0.559. The summed E-state index contributed by atoms with van der Waals surface area (Å²) in [5.41, 5.74) is 10.3. The predicted octanol–water partition coefficient (Wildman–Crippen LogP) is 7.06. The molecule has 2 N–H and O–H groups in total. The van der Waals surface area contributed by atoms with Crippen molar-refractivity contribution in [3.63, 3.8) is 0 Å². The Bertz CT molecular complexity index is 1460. The van der Waals surface area contributed by atoms with Gasteiger partial charge in [-0.25, -0.2) is 4.98 Å². The molecule has 230 valence electrons. The fourth-order valence-electron chi connectivity index (χ4n) is 6.82. The van der Waals surface area contributed by atoms with Crippen molar-refractivity contribution in [2.45, 2.75) is 83.5 Å². The van der Waals surface area contributed by atoms with Gasteiger partial charge in [-0.3, -0.25) is 0 Å². The molecule has 9 heteroatoms. The molecule has 0 unspecified atom stereocenters. The second kappa shape index (κ2) is 13.1. The standard InChI is InChI=1S/C34H49N7OSi/c1-23(2)43(24(3)4,25(5)6)19-14-26-20-32(42-8)38-33-29(26)22-35-34(39-33)37-28-12-13-31(41-17-15-40(7)16-18-41)30(21-28)36-27-10-9-11-27/h12-13,20-25,27,36H,9-11,15-18H2,1-8H3,(H,35,37,38,39). The molecule has 0 amide bonds. The topological polar surface area (TPSA) is 78.4 Å². The molecule has 0 bridgehead atoms. The highest BCUT2D eigenvalue weighted by atomic mass is 28.3. The minimum atomic E-state index is -1.91. The van der Waals surface area contributed by atoms with Gasteiger partial charge in [0.25, 0.3) is 0 Å². The summed E-state index contributed by atoms with van der Waals surface area (Å²) in [6, 6.07) is 9.00. The number of benzene rings is 1. The predicted molar refractivity (Wildman–Crippen MR) is 183 cm³/mol. The van der Waals surface area contributed by atoms with Gasteiger partial charge in [0.15, 0.2) is 5.65 Å². The molecule has 2 fully saturated rings. The number of nitrogens with one attached hydrogen (secondary N) is 2. The van der Waals surface area contributed by atoms with E-state index < -0.39 is 8.07 Å². The van der Waals surface area contributed by atoms with Crippen LogP contribution >= 0.6 is 0 Å². The number of ether oxygens (including phenoxy) is 1. The van der Waals surface area contributed by atoms with E-state index in [1.807, 2.05) is 12.3 Å². The molecule has 0 spiro atoms. The Morgan fingerprint density at radius 2 is 1.65 bits per heavy atom. The van der Waals surface area contributed by atoms with Crippen molar-refractivity contribution in [2.24, 2.45) is 0 Å². The van der Waals surface area contributed by atoms with Crippen LogP contribution in [0.3, 0.4) is 0 Å². The Hall–Kier alpha value is -3.35. The molecule has 2 aromatic heterocycles. The number of nitrogens with zero attached hydrogens (tertiary/aromatic N) is 5. The van der Waals surface area contributed by atoms with Gasteiger partial charge in [-0.15, -0.1) is 5.54 Å². The lowest BCUT2D eigenvalue weighted by Crippen LogP contribution is -2.44. The number of likely N-dealkylation sites (N-methyl/N-ethyl adjacent to an activating group) is 1. The number of methoxy groups -OCH3 is 1. The highest BCUT2D eigenvalue weighted by Crippen LogP contribution is 2.41. The van der Waals surface area contributed by atoms with E-state index in [1.54, 1.807) is 7.11 Å². The second-order valence-electron chi connectivity index (χ2n) is 13.2. The quantitative estimate of drug-likeness (QED) is 0.200. The van der Waals surface area contributed by atoms with Crippen LogP contribution in [-0.2, 0) is 0 Å². The summed E-state index contributed by atoms with van der Waals surface area (Å²) in [5, 5.41) is 8.09. The second-order valence-corrected chi connectivity index (χ2v) is 18.8. The number of rotatable bonds is 9. The molecule has 1 saturated carbocycles. The number of piperazine rings is 1. The van der Waals surface area contributed by atoms with Crippen molar-refractivity contribution >= 4 is 42.1 Å². The molecule has 8 nitrogen and oxygen atoms in total. The Kier molecular flexibility index (Phi) is 9.47. The molecule has 0 radical (unpaired) electrons. The molecule has 3 aromatic rings. The van der Waals surface area contributed by atoms with E-state index in [0.29, 0.717) is 40.1 Å². The van der Waals surface area contributed by atoms with Crippen molar-refractivity contribution in [1.82, 2.24) is 19.9 Å². The lowest BCUT2D eigenvalue weighted by atomic mass is 9.93. The maximum atomic E-state index is 5.58. The van der Waals surface area contributed by atoms with Crippen LogP contribution in [0.1, 0.15) is 66.4 Å². The molecular formula is C34H49N7OSi. The third kappa shape index (κ3) is 6.60. The zero-order chi connectivity index (χ0) is 30.7. The molecule has 1 aliphatic carbocycles. The van der Waals surface area contributed by atoms with Gasteiger partial charge in [-0.05, 0) is 61.1 Å². The summed E-state index contributed by atoms with van der Waals surface area (Å²) >= 11 is 0.